The van der Waals surface area contributed by atoms with Gasteiger partial charge in [0, 0.05) is 29.1 Å². The number of rotatable bonds is 4. The zero-order chi connectivity index (χ0) is 12.8. The van der Waals surface area contributed by atoms with Crippen LogP contribution in [-0.4, -0.2) is 30.1 Å². The Kier molecular flexibility index (Phi) is 5.35. The van der Waals surface area contributed by atoms with Gasteiger partial charge in [-0.25, -0.2) is 0 Å². The molecule has 0 spiro atoms. The highest BCUT2D eigenvalue weighted by Gasteiger charge is 2.17. The Bertz CT molecular complexity index is 390. The normalized spacial score (nSPS) is 19.5. The molecule has 1 saturated heterocycles. The van der Waals surface area contributed by atoms with Crippen molar-refractivity contribution in [1.82, 2.24) is 5.32 Å². The van der Waals surface area contributed by atoms with E-state index in [2.05, 4.69) is 5.32 Å². The van der Waals surface area contributed by atoms with Gasteiger partial charge in [0.1, 0.15) is 6.61 Å². The van der Waals surface area contributed by atoms with Gasteiger partial charge >= 0.3 is 5.97 Å². The van der Waals surface area contributed by atoms with Crippen molar-refractivity contribution in [3.63, 3.8) is 0 Å². The number of halogens is 1. The Morgan fingerprint density at radius 1 is 1.44 bits per heavy atom. The monoisotopic (exact) mass is 285 g/mol. The zero-order valence-electron chi connectivity index (χ0n) is 10.0. The van der Waals surface area contributed by atoms with Crippen LogP contribution in [0.15, 0.2) is 24.3 Å². The second-order valence-electron chi connectivity index (χ2n) is 4.22. The fraction of sp³-hybridized carbons (Fsp3) is 0.462. The van der Waals surface area contributed by atoms with E-state index in [4.69, 9.17) is 16.3 Å². The average molecular weight is 286 g/mol. The predicted molar refractivity (Wildman–Crippen MR) is 75.0 cm³/mol. The summed E-state index contributed by atoms with van der Waals surface area (Å²) in [7, 11) is 0. The van der Waals surface area contributed by atoms with Crippen LogP contribution in [0.2, 0.25) is 5.02 Å². The minimum absolute atomic E-state index is 0.148. The van der Waals surface area contributed by atoms with Crippen LogP contribution in [-0.2, 0) is 16.1 Å². The maximum absolute atomic E-state index is 11.7. The molecule has 2 rings (SSSR count). The van der Waals surface area contributed by atoms with Crippen LogP contribution in [0.3, 0.4) is 0 Å². The highest BCUT2D eigenvalue weighted by molar-refractivity contribution is 7.99. The second kappa shape index (κ2) is 7.02. The third-order valence-electron chi connectivity index (χ3n) is 2.72. The van der Waals surface area contributed by atoms with Gasteiger partial charge in [-0.05, 0) is 17.7 Å². The van der Waals surface area contributed by atoms with E-state index < -0.39 is 0 Å². The average Bonchev–Trinajstić information content (AvgIpc) is 2.39. The predicted octanol–water partition coefficient (Wildman–Crippen LogP) is 2.48. The number of nitrogens with one attached hydrogen (secondary N) is 1. The Morgan fingerprint density at radius 3 is 2.89 bits per heavy atom. The molecule has 1 heterocycles. The zero-order valence-corrected chi connectivity index (χ0v) is 11.6. The van der Waals surface area contributed by atoms with Crippen LogP contribution in [0.25, 0.3) is 0 Å². The van der Waals surface area contributed by atoms with Gasteiger partial charge in [-0.1, -0.05) is 23.7 Å². The number of hydrogen-bond acceptors (Lipinski definition) is 4. The van der Waals surface area contributed by atoms with Crippen LogP contribution >= 0.6 is 23.4 Å². The summed E-state index contributed by atoms with van der Waals surface area (Å²) in [5.41, 5.74) is 0.957. The summed E-state index contributed by atoms with van der Waals surface area (Å²) in [6.07, 6.45) is 0.445. The number of benzene rings is 1. The minimum Gasteiger partial charge on any atom is -0.461 e. The van der Waals surface area contributed by atoms with Crippen molar-refractivity contribution >= 4 is 29.3 Å². The lowest BCUT2D eigenvalue weighted by molar-refractivity contribution is -0.145. The first-order chi connectivity index (χ1) is 8.74. The third kappa shape index (κ3) is 4.52. The first-order valence-electron chi connectivity index (χ1n) is 5.95. The molecule has 1 aliphatic heterocycles. The van der Waals surface area contributed by atoms with Crippen molar-refractivity contribution in [3.8, 4) is 0 Å². The van der Waals surface area contributed by atoms with E-state index in [1.807, 2.05) is 23.9 Å². The summed E-state index contributed by atoms with van der Waals surface area (Å²) >= 11 is 7.66. The smallest absolute Gasteiger partial charge is 0.307 e. The van der Waals surface area contributed by atoms with E-state index in [1.165, 1.54) is 0 Å². The quantitative estimate of drug-likeness (QED) is 0.863. The van der Waals surface area contributed by atoms with Crippen LogP contribution in [0, 0.1) is 0 Å². The lowest BCUT2D eigenvalue weighted by Crippen LogP contribution is -2.39. The number of thioether (sulfide) groups is 1. The standard InChI is InChI=1S/C13H16ClNO2S/c14-11-3-1-10(2-4-11)8-17-13(16)7-12-9-18-6-5-15-12/h1-4,12,15H,5-9H2. The van der Waals surface area contributed by atoms with Crippen molar-refractivity contribution in [2.45, 2.75) is 19.1 Å². The van der Waals surface area contributed by atoms with Gasteiger partial charge in [0.25, 0.3) is 0 Å². The topological polar surface area (TPSA) is 38.3 Å². The SMILES string of the molecule is O=C(CC1CSCCN1)OCc1ccc(Cl)cc1. The van der Waals surface area contributed by atoms with Gasteiger partial charge in [0.15, 0.2) is 0 Å². The van der Waals surface area contributed by atoms with Crippen LogP contribution in [0.5, 0.6) is 0 Å². The summed E-state index contributed by atoms with van der Waals surface area (Å²) in [4.78, 5) is 11.7. The number of esters is 1. The maximum Gasteiger partial charge on any atom is 0.307 e. The minimum atomic E-state index is -0.148. The van der Waals surface area contributed by atoms with Gasteiger partial charge in [-0.15, -0.1) is 0 Å². The van der Waals surface area contributed by atoms with Gasteiger partial charge in [-0.3, -0.25) is 4.79 Å². The lowest BCUT2D eigenvalue weighted by atomic mass is 10.2. The Hall–Kier alpha value is -0.710. The van der Waals surface area contributed by atoms with Crippen LogP contribution < -0.4 is 5.32 Å². The fourth-order valence-corrected chi connectivity index (χ4v) is 2.83. The molecule has 1 fully saturated rings. The molecule has 98 valence electrons. The summed E-state index contributed by atoms with van der Waals surface area (Å²) in [6, 6.07) is 7.57. The van der Waals surface area contributed by atoms with Crippen LogP contribution in [0.1, 0.15) is 12.0 Å². The number of hydrogen-bond donors (Lipinski definition) is 1. The van der Waals surface area contributed by atoms with Crippen molar-refractivity contribution in [1.29, 1.82) is 0 Å². The summed E-state index contributed by atoms with van der Waals surface area (Å²) in [5.74, 6) is 1.96. The number of ether oxygens (including phenoxy) is 1. The molecule has 3 nitrogen and oxygen atoms in total. The highest BCUT2D eigenvalue weighted by atomic mass is 35.5. The second-order valence-corrected chi connectivity index (χ2v) is 5.80. The van der Waals surface area contributed by atoms with E-state index in [-0.39, 0.29) is 12.0 Å². The highest BCUT2D eigenvalue weighted by Crippen LogP contribution is 2.13. The molecule has 0 aliphatic carbocycles. The molecule has 1 atom stereocenters. The van der Waals surface area contributed by atoms with E-state index in [1.54, 1.807) is 12.1 Å². The van der Waals surface area contributed by atoms with Gasteiger partial charge in [0.05, 0.1) is 6.42 Å². The first-order valence-corrected chi connectivity index (χ1v) is 7.48. The van der Waals surface area contributed by atoms with E-state index in [0.29, 0.717) is 18.1 Å². The summed E-state index contributed by atoms with van der Waals surface area (Å²) in [5, 5.41) is 4.00. The van der Waals surface area contributed by atoms with Crippen LogP contribution in [0.4, 0.5) is 0 Å². The maximum atomic E-state index is 11.7. The molecule has 0 amide bonds. The molecular weight excluding hydrogens is 270 g/mol. The molecule has 1 unspecified atom stereocenters. The number of carbonyl (C=O) groups is 1. The van der Waals surface area contributed by atoms with Gasteiger partial charge in [-0.2, -0.15) is 11.8 Å². The van der Waals surface area contributed by atoms with Crippen molar-refractivity contribution in [3.05, 3.63) is 34.9 Å². The molecule has 1 N–H and O–H groups in total. The molecule has 5 heteroatoms. The third-order valence-corrected chi connectivity index (χ3v) is 4.11. The molecule has 1 aromatic carbocycles. The van der Waals surface area contributed by atoms with E-state index in [9.17, 15) is 4.79 Å². The molecule has 0 aromatic heterocycles. The van der Waals surface area contributed by atoms with Crippen molar-refractivity contribution < 1.29 is 9.53 Å². The molecule has 0 radical (unpaired) electrons. The Labute approximate surface area is 116 Å². The van der Waals surface area contributed by atoms with Crippen molar-refractivity contribution in [2.24, 2.45) is 0 Å². The fourth-order valence-electron chi connectivity index (χ4n) is 1.76. The summed E-state index contributed by atoms with van der Waals surface area (Å²) in [6.45, 7) is 1.29. The van der Waals surface area contributed by atoms with Gasteiger partial charge < -0.3 is 10.1 Å². The molecular formula is C13H16ClNO2S. The molecule has 0 bridgehead atoms. The van der Waals surface area contributed by atoms with E-state index >= 15 is 0 Å². The number of carbonyl (C=O) groups excluding carboxylic acids is 1. The molecule has 18 heavy (non-hydrogen) atoms. The Morgan fingerprint density at radius 2 is 2.22 bits per heavy atom. The van der Waals surface area contributed by atoms with Crippen molar-refractivity contribution in [2.75, 3.05) is 18.1 Å². The molecule has 1 aromatic rings. The molecule has 0 saturated carbocycles. The van der Waals surface area contributed by atoms with E-state index in [0.717, 1.165) is 23.6 Å². The first kappa shape index (κ1) is 13.7. The lowest BCUT2D eigenvalue weighted by Gasteiger charge is -2.22. The van der Waals surface area contributed by atoms with Gasteiger partial charge in [0.2, 0.25) is 0 Å². The molecule has 1 aliphatic rings. The Balaban J connectivity index is 1.72. The summed E-state index contributed by atoms with van der Waals surface area (Å²) < 4.78 is 5.24. The largest absolute Gasteiger partial charge is 0.461 e.